The summed E-state index contributed by atoms with van der Waals surface area (Å²) in [5, 5.41) is 4.41. The van der Waals surface area contributed by atoms with Gasteiger partial charge in [-0.3, -0.25) is 4.90 Å². The van der Waals surface area contributed by atoms with E-state index in [0.717, 1.165) is 78.6 Å². The Bertz CT molecular complexity index is 1240. The second-order valence-electron chi connectivity index (χ2n) is 8.52. The summed E-state index contributed by atoms with van der Waals surface area (Å²) in [5.41, 5.74) is 5.50. The Kier molecular flexibility index (Phi) is 6.94. The van der Waals surface area contributed by atoms with Gasteiger partial charge in [0, 0.05) is 47.8 Å². The Morgan fingerprint density at radius 2 is 1.62 bits per heavy atom. The Labute approximate surface area is 204 Å². The Hall–Kier alpha value is -3.13. The van der Waals surface area contributed by atoms with Crippen molar-refractivity contribution >= 4 is 22.3 Å². The zero-order valence-corrected chi connectivity index (χ0v) is 20.4. The molecule has 5 rings (SSSR count). The Morgan fingerprint density at radius 1 is 0.912 bits per heavy atom. The first-order valence-electron chi connectivity index (χ1n) is 11.7. The number of morpholine rings is 1. The average Bonchev–Trinajstić information content (AvgIpc) is 3.25. The third-order valence-electron chi connectivity index (χ3n) is 5.99. The predicted molar refractivity (Wildman–Crippen MR) is 138 cm³/mol. The Morgan fingerprint density at radius 3 is 2.35 bits per heavy atom. The molecule has 1 aliphatic rings. The van der Waals surface area contributed by atoms with Gasteiger partial charge in [-0.05, 0) is 19.4 Å². The average molecular weight is 472 g/mol. The summed E-state index contributed by atoms with van der Waals surface area (Å²) in [6, 6.07) is 20.9. The molecule has 6 nitrogen and oxygen atoms in total. The van der Waals surface area contributed by atoms with Gasteiger partial charge in [-0.25, -0.2) is 15.0 Å². The molecule has 0 spiro atoms. The minimum Gasteiger partial charge on any atom is -0.379 e. The molecule has 0 unspecified atom stereocenters. The first-order chi connectivity index (χ1) is 16.7. The van der Waals surface area contributed by atoms with Crippen molar-refractivity contribution in [2.24, 2.45) is 0 Å². The maximum absolute atomic E-state index is 5.54. The molecule has 1 fully saturated rings. The second-order valence-corrected chi connectivity index (χ2v) is 9.60. The SMILES string of the molecule is Cc1nc(C)c(Cc2ccccc2)c(Nc2nc(-c3ccccc3)c(CN3CCOCC3)s2)n1. The fourth-order valence-corrected chi connectivity index (χ4v) is 5.27. The van der Waals surface area contributed by atoms with Crippen molar-refractivity contribution in [3.63, 3.8) is 0 Å². The third-order valence-corrected chi connectivity index (χ3v) is 6.95. The normalized spacial score (nSPS) is 14.3. The molecule has 1 N–H and O–H groups in total. The summed E-state index contributed by atoms with van der Waals surface area (Å²) < 4.78 is 5.54. The van der Waals surface area contributed by atoms with Crippen molar-refractivity contribution in [3.05, 3.63) is 88.2 Å². The molecule has 0 atom stereocenters. The molecule has 0 amide bonds. The largest absolute Gasteiger partial charge is 0.379 e. The summed E-state index contributed by atoms with van der Waals surface area (Å²) in [6.07, 6.45) is 0.771. The summed E-state index contributed by atoms with van der Waals surface area (Å²) >= 11 is 1.70. The van der Waals surface area contributed by atoms with E-state index in [4.69, 9.17) is 14.7 Å². The lowest BCUT2D eigenvalue weighted by atomic mass is 10.0. The van der Waals surface area contributed by atoms with Crippen molar-refractivity contribution in [1.29, 1.82) is 0 Å². The number of ether oxygens (including phenoxy) is 1. The summed E-state index contributed by atoms with van der Waals surface area (Å²) in [4.78, 5) is 18.1. The number of anilines is 2. The molecule has 0 aliphatic carbocycles. The van der Waals surface area contributed by atoms with Gasteiger partial charge in [0.25, 0.3) is 0 Å². The fourth-order valence-electron chi connectivity index (χ4n) is 4.25. The number of rotatable bonds is 7. The van der Waals surface area contributed by atoms with Gasteiger partial charge in [0.1, 0.15) is 11.6 Å². The molecule has 1 saturated heterocycles. The van der Waals surface area contributed by atoms with E-state index in [1.54, 1.807) is 11.3 Å². The molecule has 3 heterocycles. The monoisotopic (exact) mass is 471 g/mol. The summed E-state index contributed by atoms with van der Waals surface area (Å²) in [7, 11) is 0. The van der Waals surface area contributed by atoms with Gasteiger partial charge in [-0.15, -0.1) is 0 Å². The molecule has 0 radical (unpaired) electrons. The molecule has 7 heteroatoms. The van der Waals surface area contributed by atoms with Crippen LogP contribution in [0.4, 0.5) is 10.9 Å². The highest BCUT2D eigenvalue weighted by Gasteiger charge is 2.20. The van der Waals surface area contributed by atoms with Crippen molar-refractivity contribution in [2.45, 2.75) is 26.8 Å². The van der Waals surface area contributed by atoms with Crippen molar-refractivity contribution in [2.75, 3.05) is 31.6 Å². The standard InChI is InChI=1S/C27H29N5OS/c1-19-23(17-21-9-5-3-6-10-21)26(29-20(2)28-19)31-27-30-25(22-11-7-4-8-12-22)24(34-27)18-32-13-15-33-16-14-32/h3-12H,13-18H2,1-2H3,(H,28,29,30,31). The number of nitrogens with one attached hydrogen (secondary N) is 1. The fraction of sp³-hybridized carbons (Fsp3) is 0.296. The molecule has 0 bridgehead atoms. The van der Waals surface area contributed by atoms with Gasteiger partial charge in [0.05, 0.1) is 18.9 Å². The summed E-state index contributed by atoms with van der Waals surface area (Å²) in [5.74, 6) is 1.59. The van der Waals surface area contributed by atoms with Crippen LogP contribution in [0.3, 0.4) is 0 Å². The molecule has 2 aromatic heterocycles. The number of hydrogen-bond donors (Lipinski definition) is 1. The van der Waals surface area contributed by atoms with Crippen LogP contribution >= 0.6 is 11.3 Å². The lowest BCUT2D eigenvalue weighted by Gasteiger charge is -2.26. The van der Waals surface area contributed by atoms with Crippen molar-refractivity contribution < 1.29 is 4.74 Å². The molecular weight excluding hydrogens is 442 g/mol. The van der Waals surface area contributed by atoms with Crippen LogP contribution in [0.15, 0.2) is 60.7 Å². The number of hydrogen-bond acceptors (Lipinski definition) is 7. The van der Waals surface area contributed by atoms with E-state index in [-0.39, 0.29) is 0 Å². The highest BCUT2D eigenvalue weighted by Crippen LogP contribution is 2.34. The summed E-state index contributed by atoms with van der Waals surface area (Å²) in [6.45, 7) is 8.32. The maximum Gasteiger partial charge on any atom is 0.189 e. The third kappa shape index (κ3) is 5.33. The smallest absolute Gasteiger partial charge is 0.189 e. The number of aryl methyl sites for hydroxylation is 2. The first kappa shape index (κ1) is 22.7. The van der Waals surface area contributed by atoms with Crippen LogP contribution in [0, 0.1) is 13.8 Å². The Balaban J connectivity index is 1.48. The van der Waals surface area contributed by atoms with Crippen LogP contribution in [0.2, 0.25) is 0 Å². The number of nitrogens with zero attached hydrogens (tertiary/aromatic N) is 4. The van der Waals surface area contributed by atoms with Crippen molar-refractivity contribution in [3.8, 4) is 11.3 Å². The van der Waals surface area contributed by atoms with Crippen LogP contribution in [0.1, 0.15) is 27.5 Å². The molecule has 2 aromatic carbocycles. The molecular formula is C27H29N5OS. The lowest BCUT2D eigenvalue weighted by molar-refractivity contribution is 0.0347. The zero-order chi connectivity index (χ0) is 23.3. The van der Waals surface area contributed by atoms with E-state index >= 15 is 0 Å². The second kappa shape index (κ2) is 10.4. The number of aromatic nitrogens is 3. The quantitative estimate of drug-likeness (QED) is 0.390. The van der Waals surface area contributed by atoms with Crippen LogP contribution < -0.4 is 5.32 Å². The van der Waals surface area contributed by atoms with E-state index in [9.17, 15) is 0 Å². The minimum absolute atomic E-state index is 0.755. The van der Waals surface area contributed by atoms with Crippen LogP contribution in [-0.4, -0.2) is 46.2 Å². The number of thiazole rings is 1. The van der Waals surface area contributed by atoms with Gasteiger partial charge >= 0.3 is 0 Å². The van der Waals surface area contributed by atoms with E-state index in [2.05, 4.69) is 70.7 Å². The topological polar surface area (TPSA) is 63.2 Å². The van der Waals surface area contributed by atoms with Gasteiger partial charge in [0.15, 0.2) is 5.13 Å². The molecule has 174 valence electrons. The van der Waals surface area contributed by atoms with Gasteiger partial charge in [-0.1, -0.05) is 72.0 Å². The molecule has 0 saturated carbocycles. The number of benzene rings is 2. The molecule has 1 aliphatic heterocycles. The highest BCUT2D eigenvalue weighted by atomic mass is 32.1. The maximum atomic E-state index is 5.54. The predicted octanol–water partition coefficient (Wildman–Crippen LogP) is 5.38. The van der Waals surface area contributed by atoms with Crippen molar-refractivity contribution in [1.82, 2.24) is 19.9 Å². The minimum atomic E-state index is 0.755. The van der Waals surface area contributed by atoms with Crippen LogP contribution in [0.5, 0.6) is 0 Å². The van der Waals surface area contributed by atoms with Crippen LogP contribution in [-0.2, 0) is 17.7 Å². The van der Waals surface area contributed by atoms with E-state index in [1.807, 2.05) is 19.1 Å². The molecule has 34 heavy (non-hydrogen) atoms. The van der Waals surface area contributed by atoms with Crippen LogP contribution in [0.25, 0.3) is 11.3 Å². The van der Waals surface area contributed by atoms with E-state index in [0.29, 0.717) is 0 Å². The highest BCUT2D eigenvalue weighted by molar-refractivity contribution is 7.16. The van der Waals surface area contributed by atoms with Gasteiger partial charge in [0.2, 0.25) is 0 Å². The first-order valence-corrected chi connectivity index (χ1v) is 12.5. The van der Waals surface area contributed by atoms with Gasteiger partial charge in [-0.2, -0.15) is 0 Å². The van der Waals surface area contributed by atoms with Gasteiger partial charge < -0.3 is 10.1 Å². The molecule has 4 aromatic rings. The van der Waals surface area contributed by atoms with E-state index < -0.39 is 0 Å². The van der Waals surface area contributed by atoms with E-state index in [1.165, 1.54) is 10.4 Å². The lowest BCUT2D eigenvalue weighted by Crippen LogP contribution is -2.35. The zero-order valence-electron chi connectivity index (χ0n) is 19.6.